The molecule has 9 heteroatoms. The summed E-state index contributed by atoms with van der Waals surface area (Å²) in [6, 6.07) is 20.1. The number of anilines is 2. The number of nitrogens with one attached hydrogen (secondary N) is 2. The van der Waals surface area contributed by atoms with Crippen molar-refractivity contribution in [2.24, 2.45) is 11.8 Å². The van der Waals surface area contributed by atoms with Crippen molar-refractivity contribution in [3.8, 4) is 5.75 Å². The molecule has 44 heavy (non-hydrogen) atoms. The van der Waals surface area contributed by atoms with Crippen LogP contribution in [0.5, 0.6) is 5.75 Å². The zero-order valence-corrected chi connectivity index (χ0v) is 25.5. The van der Waals surface area contributed by atoms with Gasteiger partial charge in [-0.05, 0) is 81.5 Å². The molecule has 0 aliphatic carbocycles. The van der Waals surface area contributed by atoms with Crippen molar-refractivity contribution < 1.29 is 29.0 Å². The highest BCUT2D eigenvalue weighted by Crippen LogP contribution is 2.64. The molecular weight excluding hydrogens is 558 g/mol. The standard InChI is InChI=1S/C35H39N3O6/c1-5-43-25-16-14-24(15-17-25)36-31(40)27-28-33(42)38(26(20-39)23-12-7-6-8-13-23)30(35(28)19-18-34(27,4)44-35)32(41)37-29-21(2)10-9-11-22(29)3/h6-17,26-28,30,39H,5,18-20H2,1-4H3,(H,36,40)(H,37,41)/t26-,27+,28+,30?,34-,35?/m1/s1. The van der Waals surface area contributed by atoms with E-state index in [1.807, 2.05) is 76.2 Å². The fraction of sp³-hybridized carbons (Fsp3) is 0.400. The Morgan fingerprint density at radius 3 is 2.30 bits per heavy atom. The number of aliphatic hydroxyl groups is 1. The van der Waals surface area contributed by atoms with Gasteiger partial charge in [-0.25, -0.2) is 0 Å². The lowest BCUT2D eigenvalue weighted by atomic mass is 9.66. The Balaban J connectivity index is 1.40. The van der Waals surface area contributed by atoms with Crippen LogP contribution in [0.15, 0.2) is 72.8 Å². The van der Waals surface area contributed by atoms with Gasteiger partial charge < -0.3 is 30.1 Å². The molecule has 0 aromatic heterocycles. The summed E-state index contributed by atoms with van der Waals surface area (Å²) in [5.74, 6) is -2.17. The Hall–Kier alpha value is -4.21. The number of carbonyl (C=O) groups is 3. The van der Waals surface area contributed by atoms with Gasteiger partial charge in [0.15, 0.2) is 0 Å². The molecule has 3 aliphatic heterocycles. The topological polar surface area (TPSA) is 117 Å². The molecule has 9 nitrogen and oxygen atoms in total. The molecule has 230 valence electrons. The fourth-order valence-electron chi connectivity index (χ4n) is 7.65. The molecule has 3 N–H and O–H groups in total. The normalized spacial score (nSPS) is 27.6. The molecule has 2 unspecified atom stereocenters. The maximum atomic E-state index is 14.6. The van der Waals surface area contributed by atoms with Crippen LogP contribution in [0.4, 0.5) is 11.4 Å². The molecule has 0 radical (unpaired) electrons. The van der Waals surface area contributed by atoms with E-state index in [1.165, 1.54) is 4.90 Å². The molecule has 3 heterocycles. The van der Waals surface area contributed by atoms with Crippen molar-refractivity contribution in [2.45, 2.75) is 63.8 Å². The number of fused-ring (bicyclic) bond motifs is 1. The average molecular weight is 598 g/mol. The Kier molecular flexibility index (Phi) is 7.71. The number of aliphatic hydroxyl groups excluding tert-OH is 1. The van der Waals surface area contributed by atoms with Crippen LogP contribution in [0.2, 0.25) is 0 Å². The van der Waals surface area contributed by atoms with Gasteiger partial charge >= 0.3 is 0 Å². The first-order valence-electron chi connectivity index (χ1n) is 15.2. The summed E-state index contributed by atoms with van der Waals surface area (Å²) in [5.41, 5.74) is 1.54. The van der Waals surface area contributed by atoms with Crippen molar-refractivity contribution in [3.63, 3.8) is 0 Å². The molecule has 6 rings (SSSR count). The number of likely N-dealkylation sites (tertiary alicyclic amines) is 1. The number of amides is 3. The van der Waals surface area contributed by atoms with E-state index in [2.05, 4.69) is 10.6 Å². The van der Waals surface area contributed by atoms with Gasteiger partial charge in [0.2, 0.25) is 17.7 Å². The molecule has 3 aromatic carbocycles. The van der Waals surface area contributed by atoms with Gasteiger partial charge in [0.05, 0.1) is 36.7 Å². The Bertz CT molecular complexity index is 1560. The van der Waals surface area contributed by atoms with Crippen molar-refractivity contribution in [2.75, 3.05) is 23.8 Å². The molecule has 3 aliphatic rings. The zero-order valence-electron chi connectivity index (χ0n) is 25.5. The summed E-state index contributed by atoms with van der Waals surface area (Å²) in [6.07, 6.45) is 0.940. The van der Waals surface area contributed by atoms with Crippen LogP contribution >= 0.6 is 0 Å². The molecular formula is C35H39N3O6. The van der Waals surface area contributed by atoms with Crippen LogP contribution in [0, 0.1) is 25.7 Å². The van der Waals surface area contributed by atoms with Crippen LogP contribution in [0.25, 0.3) is 0 Å². The minimum Gasteiger partial charge on any atom is -0.494 e. The van der Waals surface area contributed by atoms with Crippen molar-refractivity contribution in [1.29, 1.82) is 0 Å². The van der Waals surface area contributed by atoms with E-state index in [-0.39, 0.29) is 11.8 Å². The van der Waals surface area contributed by atoms with E-state index in [1.54, 1.807) is 24.3 Å². The number of nitrogens with zero attached hydrogens (tertiary/aromatic N) is 1. The first-order chi connectivity index (χ1) is 21.1. The number of carbonyl (C=O) groups excluding carboxylic acids is 3. The average Bonchev–Trinajstić information content (AvgIpc) is 3.58. The molecule has 1 spiro atoms. The van der Waals surface area contributed by atoms with Crippen LogP contribution in [-0.4, -0.2) is 58.2 Å². The van der Waals surface area contributed by atoms with Gasteiger partial charge in [-0.2, -0.15) is 0 Å². The van der Waals surface area contributed by atoms with Crippen LogP contribution in [0.1, 0.15) is 49.4 Å². The first kappa shape index (κ1) is 29.8. The molecule has 3 fully saturated rings. The van der Waals surface area contributed by atoms with E-state index < -0.39 is 47.6 Å². The van der Waals surface area contributed by atoms with Gasteiger partial charge in [0.25, 0.3) is 0 Å². The third-order valence-electron chi connectivity index (χ3n) is 9.60. The second-order valence-electron chi connectivity index (χ2n) is 12.3. The zero-order chi connectivity index (χ0) is 31.2. The number of ether oxygens (including phenoxy) is 2. The summed E-state index contributed by atoms with van der Waals surface area (Å²) in [6.45, 7) is 7.73. The van der Waals surface area contributed by atoms with E-state index in [0.29, 0.717) is 42.1 Å². The lowest BCUT2D eigenvalue weighted by molar-refractivity contribution is -0.147. The second kappa shape index (κ2) is 11.4. The predicted octanol–water partition coefficient (Wildman–Crippen LogP) is 4.78. The Morgan fingerprint density at radius 1 is 0.977 bits per heavy atom. The quantitative estimate of drug-likeness (QED) is 0.327. The molecule has 6 atom stereocenters. The molecule has 2 bridgehead atoms. The van der Waals surface area contributed by atoms with E-state index in [9.17, 15) is 19.5 Å². The summed E-state index contributed by atoms with van der Waals surface area (Å²) in [5, 5.41) is 16.8. The number of hydrogen-bond acceptors (Lipinski definition) is 6. The van der Waals surface area contributed by atoms with Gasteiger partial charge in [-0.3, -0.25) is 14.4 Å². The lowest BCUT2D eigenvalue weighted by Gasteiger charge is -2.37. The summed E-state index contributed by atoms with van der Waals surface area (Å²) in [7, 11) is 0. The monoisotopic (exact) mass is 597 g/mol. The van der Waals surface area contributed by atoms with E-state index >= 15 is 0 Å². The predicted molar refractivity (Wildman–Crippen MR) is 166 cm³/mol. The minimum absolute atomic E-state index is 0.340. The van der Waals surface area contributed by atoms with Crippen LogP contribution in [-0.2, 0) is 19.1 Å². The highest BCUT2D eigenvalue weighted by molar-refractivity contribution is 6.05. The van der Waals surface area contributed by atoms with Crippen molar-refractivity contribution >= 4 is 29.1 Å². The maximum Gasteiger partial charge on any atom is 0.250 e. The molecule has 3 aromatic rings. The van der Waals surface area contributed by atoms with Crippen molar-refractivity contribution in [3.05, 3.63) is 89.5 Å². The molecule has 3 amide bonds. The lowest BCUT2D eigenvalue weighted by Crippen LogP contribution is -2.54. The number of para-hydroxylation sites is 1. The Morgan fingerprint density at radius 2 is 1.66 bits per heavy atom. The van der Waals surface area contributed by atoms with Gasteiger partial charge in [0, 0.05) is 11.4 Å². The number of aryl methyl sites for hydroxylation is 2. The van der Waals surface area contributed by atoms with Gasteiger partial charge in [0.1, 0.15) is 17.4 Å². The fourth-order valence-corrected chi connectivity index (χ4v) is 7.65. The summed E-state index contributed by atoms with van der Waals surface area (Å²) < 4.78 is 12.3. The van der Waals surface area contributed by atoms with E-state index in [4.69, 9.17) is 9.47 Å². The molecule has 0 saturated carbocycles. The third kappa shape index (κ3) is 4.75. The highest BCUT2D eigenvalue weighted by atomic mass is 16.5. The SMILES string of the molecule is CCOc1ccc(NC(=O)[C@@H]2[C@H]3C(=O)N([C@H](CO)c4ccccc4)C(C(=O)Nc4c(C)cccc4C)C34CC[C@@]2(C)O4)cc1. The first-order valence-corrected chi connectivity index (χ1v) is 15.2. The molecule has 3 saturated heterocycles. The summed E-state index contributed by atoms with van der Waals surface area (Å²) in [4.78, 5) is 44.6. The van der Waals surface area contributed by atoms with Gasteiger partial charge in [-0.15, -0.1) is 0 Å². The van der Waals surface area contributed by atoms with Crippen molar-refractivity contribution in [1.82, 2.24) is 4.90 Å². The van der Waals surface area contributed by atoms with Gasteiger partial charge in [-0.1, -0.05) is 48.5 Å². The number of hydrogen-bond donors (Lipinski definition) is 3. The largest absolute Gasteiger partial charge is 0.494 e. The smallest absolute Gasteiger partial charge is 0.250 e. The Labute approximate surface area is 257 Å². The second-order valence-corrected chi connectivity index (χ2v) is 12.3. The summed E-state index contributed by atoms with van der Waals surface area (Å²) >= 11 is 0. The number of benzene rings is 3. The maximum absolute atomic E-state index is 14.6. The minimum atomic E-state index is -1.24. The third-order valence-corrected chi connectivity index (χ3v) is 9.60. The highest BCUT2D eigenvalue weighted by Gasteiger charge is 2.78. The van der Waals surface area contributed by atoms with Crippen LogP contribution in [0.3, 0.4) is 0 Å². The number of rotatable bonds is 9. The van der Waals surface area contributed by atoms with Crippen LogP contribution < -0.4 is 15.4 Å². The van der Waals surface area contributed by atoms with E-state index in [0.717, 1.165) is 11.1 Å².